The van der Waals surface area contributed by atoms with Crippen molar-refractivity contribution in [3.63, 3.8) is 0 Å². The number of primary amides is 1. The molecule has 1 fully saturated rings. The van der Waals surface area contributed by atoms with Crippen molar-refractivity contribution in [1.29, 1.82) is 0 Å². The van der Waals surface area contributed by atoms with E-state index in [-0.39, 0.29) is 17.9 Å². The first-order chi connectivity index (χ1) is 12.6. The van der Waals surface area contributed by atoms with Crippen molar-refractivity contribution >= 4 is 11.8 Å². The molecule has 26 heavy (non-hydrogen) atoms. The monoisotopic (exact) mass is 351 g/mol. The molecule has 1 aliphatic heterocycles. The second-order valence-electron chi connectivity index (χ2n) is 6.82. The Morgan fingerprint density at radius 2 is 1.58 bits per heavy atom. The van der Waals surface area contributed by atoms with Crippen LogP contribution in [0.3, 0.4) is 0 Å². The third kappa shape index (κ3) is 5.17. The van der Waals surface area contributed by atoms with E-state index < -0.39 is 0 Å². The van der Waals surface area contributed by atoms with Gasteiger partial charge in [0.15, 0.2) is 0 Å². The Bertz CT molecular complexity index is 736. The Balaban J connectivity index is 1.47. The van der Waals surface area contributed by atoms with Crippen molar-refractivity contribution in [1.82, 2.24) is 10.2 Å². The normalized spacial score (nSPS) is 15.5. The summed E-state index contributed by atoms with van der Waals surface area (Å²) in [5, 5.41) is 3.11. The maximum absolute atomic E-state index is 12.3. The molecule has 0 aliphatic carbocycles. The Morgan fingerprint density at radius 3 is 2.19 bits per heavy atom. The summed E-state index contributed by atoms with van der Waals surface area (Å²) in [4.78, 5) is 25.3. The summed E-state index contributed by atoms with van der Waals surface area (Å²) in [6, 6.07) is 18.5. The lowest BCUT2D eigenvalue weighted by molar-refractivity contribution is -0.122. The molecule has 1 heterocycles. The number of hydrogen-bond donors (Lipinski definition) is 2. The minimum atomic E-state index is -0.300. The molecule has 5 nitrogen and oxygen atoms in total. The molecule has 0 bridgehead atoms. The van der Waals surface area contributed by atoms with Crippen LogP contribution in [-0.2, 0) is 16.0 Å². The molecule has 3 rings (SSSR count). The van der Waals surface area contributed by atoms with E-state index in [1.165, 1.54) is 5.56 Å². The number of nitrogens with one attached hydrogen (secondary N) is 1. The van der Waals surface area contributed by atoms with Gasteiger partial charge in [-0.1, -0.05) is 54.6 Å². The summed E-state index contributed by atoms with van der Waals surface area (Å²) in [6.45, 7) is 1.88. The molecule has 0 radical (unpaired) electrons. The van der Waals surface area contributed by atoms with Crippen LogP contribution in [0.5, 0.6) is 0 Å². The number of amides is 2. The summed E-state index contributed by atoms with van der Waals surface area (Å²) in [6.07, 6.45) is 2.09. The minimum Gasteiger partial charge on any atom is -0.369 e. The first-order valence-electron chi connectivity index (χ1n) is 9.04. The molecule has 2 amide bonds. The molecule has 1 saturated heterocycles. The Labute approximate surface area is 154 Å². The molecular formula is C21H25N3O2. The zero-order chi connectivity index (χ0) is 18.4. The topological polar surface area (TPSA) is 75.4 Å². The fraction of sp³-hybridized carbons (Fsp3) is 0.333. The number of benzene rings is 2. The first kappa shape index (κ1) is 18.1. The molecule has 0 atom stereocenters. The van der Waals surface area contributed by atoms with Crippen LogP contribution in [0.15, 0.2) is 54.6 Å². The summed E-state index contributed by atoms with van der Waals surface area (Å²) < 4.78 is 0. The Morgan fingerprint density at radius 1 is 0.962 bits per heavy atom. The van der Waals surface area contributed by atoms with Crippen LogP contribution in [0, 0.1) is 0 Å². The van der Waals surface area contributed by atoms with Gasteiger partial charge in [-0.3, -0.25) is 14.5 Å². The molecular weight excluding hydrogens is 326 g/mol. The molecule has 0 spiro atoms. The molecule has 3 N–H and O–H groups in total. The van der Waals surface area contributed by atoms with E-state index >= 15 is 0 Å². The van der Waals surface area contributed by atoms with E-state index in [9.17, 15) is 9.59 Å². The van der Waals surface area contributed by atoms with Gasteiger partial charge < -0.3 is 11.1 Å². The van der Waals surface area contributed by atoms with Gasteiger partial charge in [0.25, 0.3) is 0 Å². The highest BCUT2D eigenvalue weighted by Crippen LogP contribution is 2.19. The number of hydrogen-bond acceptors (Lipinski definition) is 3. The summed E-state index contributed by atoms with van der Waals surface area (Å²) in [5.41, 5.74) is 8.55. The van der Waals surface area contributed by atoms with Gasteiger partial charge in [-0.2, -0.15) is 0 Å². The number of likely N-dealkylation sites (tertiary alicyclic amines) is 1. The summed E-state index contributed by atoms with van der Waals surface area (Å²) in [7, 11) is 0. The predicted octanol–water partition coefficient (Wildman–Crippen LogP) is 1.96. The van der Waals surface area contributed by atoms with Crippen LogP contribution < -0.4 is 11.1 Å². The Hall–Kier alpha value is -2.66. The quantitative estimate of drug-likeness (QED) is 0.835. The first-order valence-corrected chi connectivity index (χ1v) is 9.04. The van der Waals surface area contributed by atoms with Gasteiger partial charge in [-0.25, -0.2) is 0 Å². The molecule has 2 aromatic rings. The largest absolute Gasteiger partial charge is 0.369 e. The third-order valence-corrected chi connectivity index (χ3v) is 4.76. The lowest BCUT2D eigenvalue weighted by atomic mass is 10.0. The zero-order valence-corrected chi connectivity index (χ0v) is 14.9. The highest BCUT2D eigenvalue weighted by molar-refractivity contribution is 5.79. The van der Waals surface area contributed by atoms with Crippen LogP contribution in [-0.4, -0.2) is 42.4 Å². The maximum Gasteiger partial charge on any atom is 0.231 e. The molecule has 1 aliphatic rings. The lowest BCUT2D eigenvalue weighted by Gasteiger charge is -2.31. The average molecular weight is 351 g/mol. The molecule has 136 valence electrons. The fourth-order valence-corrected chi connectivity index (χ4v) is 3.37. The smallest absolute Gasteiger partial charge is 0.231 e. The van der Waals surface area contributed by atoms with Crippen molar-refractivity contribution < 1.29 is 9.59 Å². The number of nitrogens with zero attached hydrogens (tertiary/aromatic N) is 1. The van der Waals surface area contributed by atoms with E-state index in [0.717, 1.165) is 37.1 Å². The predicted molar refractivity (Wildman–Crippen MR) is 102 cm³/mol. The van der Waals surface area contributed by atoms with Crippen molar-refractivity contribution in [3.8, 4) is 11.1 Å². The molecule has 0 unspecified atom stereocenters. The lowest BCUT2D eigenvalue weighted by Crippen LogP contribution is -2.47. The average Bonchev–Trinajstić information content (AvgIpc) is 2.64. The van der Waals surface area contributed by atoms with E-state index in [0.29, 0.717) is 13.0 Å². The zero-order valence-electron chi connectivity index (χ0n) is 14.9. The fourth-order valence-electron chi connectivity index (χ4n) is 3.37. The second kappa shape index (κ2) is 8.63. The number of nitrogens with two attached hydrogens (primary N) is 1. The number of piperidine rings is 1. The highest BCUT2D eigenvalue weighted by atomic mass is 16.2. The summed E-state index contributed by atoms with van der Waals surface area (Å²) in [5.74, 6) is -0.253. The highest BCUT2D eigenvalue weighted by Gasteiger charge is 2.21. The summed E-state index contributed by atoms with van der Waals surface area (Å²) >= 11 is 0. The van der Waals surface area contributed by atoms with E-state index in [4.69, 9.17) is 5.73 Å². The number of carbonyl (C=O) groups is 2. The van der Waals surface area contributed by atoms with Crippen LogP contribution in [0.4, 0.5) is 0 Å². The van der Waals surface area contributed by atoms with Crippen LogP contribution in [0.25, 0.3) is 11.1 Å². The van der Waals surface area contributed by atoms with Gasteiger partial charge in [0.05, 0.1) is 13.0 Å². The van der Waals surface area contributed by atoms with E-state index in [1.807, 2.05) is 35.2 Å². The standard InChI is InChI=1S/C21H25N3O2/c22-20(25)15-24-12-10-19(11-13-24)23-21(26)14-16-6-8-18(9-7-16)17-4-2-1-3-5-17/h1-9,19H,10-15H2,(H2,22,25)(H,23,26). The SMILES string of the molecule is NC(=O)CN1CCC(NC(=O)Cc2ccc(-c3ccccc3)cc2)CC1. The van der Waals surface area contributed by atoms with Gasteiger partial charge in [0.1, 0.15) is 0 Å². The van der Waals surface area contributed by atoms with Crippen molar-refractivity contribution in [3.05, 3.63) is 60.2 Å². The van der Waals surface area contributed by atoms with E-state index in [2.05, 4.69) is 29.6 Å². The van der Waals surface area contributed by atoms with Crippen molar-refractivity contribution in [2.45, 2.75) is 25.3 Å². The van der Waals surface area contributed by atoms with Crippen LogP contribution >= 0.6 is 0 Å². The van der Waals surface area contributed by atoms with Gasteiger partial charge in [0.2, 0.25) is 11.8 Å². The number of carbonyl (C=O) groups excluding carboxylic acids is 2. The van der Waals surface area contributed by atoms with Crippen molar-refractivity contribution in [2.75, 3.05) is 19.6 Å². The molecule has 0 aromatic heterocycles. The number of rotatable bonds is 6. The van der Waals surface area contributed by atoms with Crippen LogP contribution in [0.1, 0.15) is 18.4 Å². The third-order valence-electron chi connectivity index (χ3n) is 4.76. The van der Waals surface area contributed by atoms with Gasteiger partial charge in [-0.05, 0) is 29.5 Å². The minimum absolute atomic E-state index is 0.0470. The molecule has 0 saturated carbocycles. The molecule has 2 aromatic carbocycles. The molecule has 5 heteroatoms. The van der Waals surface area contributed by atoms with Crippen molar-refractivity contribution in [2.24, 2.45) is 5.73 Å². The van der Waals surface area contributed by atoms with Gasteiger partial charge in [-0.15, -0.1) is 0 Å². The van der Waals surface area contributed by atoms with Gasteiger partial charge in [0, 0.05) is 19.1 Å². The van der Waals surface area contributed by atoms with E-state index in [1.54, 1.807) is 0 Å². The maximum atomic E-state index is 12.3. The van der Waals surface area contributed by atoms with Crippen LogP contribution in [0.2, 0.25) is 0 Å². The van der Waals surface area contributed by atoms with Gasteiger partial charge >= 0.3 is 0 Å². The Kier molecular flexibility index (Phi) is 6.02. The second-order valence-corrected chi connectivity index (χ2v) is 6.82.